The van der Waals surface area contributed by atoms with E-state index in [-0.39, 0.29) is 12.2 Å². The molecule has 0 heterocycles. The van der Waals surface area contributed by atoms with Crippen molar-refractivity contribution in [2.75, 3.05) is 0 Å². The standard InChI is InChI=1S/C16H24O2/c1-10-5-6-12(3)15(9-10)18-16-13(4)7-11(2)8-14(16)17/h5-6,9,11,13-14,16-17H,7-8H2,1-4H3. The Morgan fingerprint density at radius 2 is 1.89 bits per heavy atom. The monoisotopic (exact) mass is 248 g/mol. The molecular weight excluding hydrogens is 224 g/mol. The smallest absolute Gasteiger partial charge is 0.127 e. The minimum atomic E-state index is -0.344. The first-order valence-electron chi connectivity index (χ1n) is 6.89. The molecule has 1 saturated carbocycles. The van der Waals surface area contributed by atoms with Crippen molar-refractivity contribution < 1.29 is 9.84 Å². The number of aliphatic hydroxyl groups excluding tert-OH is 1. The first-order valence-corrected chi connectivity index (χ1v) is 6.89. The van der Waals surface area contributed by atoms with Crippen LogP contribution in [0, 0.1) is 25.7 Å². The molecule has 100 valence electrons. The van der Waals surface area contributed by atoms with Crippen molar-refractivity contribution in [2.45, 2.75) is 52.7 Å². The van der Waals surface area contributed by atoms with E-state index >= 15 is 0 Å². The molecule has 1 N–H and O–H groups in total. The Morgan fingerprint density at radius 3 is 2.56 bits per heavy atom. The van der Waals surface area contributed by atoms with E-state index in [9.17, 15) is 5.11 Å². The molecule has 18 heavy (non-hydrogen) atoms. The summed E-state index contributed by atoms with van der Waals surface area (Å²) in [5.41, 5.74) is 2.33. The Kier molecular flexibility index (Phi) is 3.96. The van der Waals surface area contributed by atoms with Gasteiger partial charge in [-0.05, 0) is 55.7 Å². The number of benzene rings is 1. The Labute approximate surface area is 110 Å². The molecule has 1 aromatic carbocycles. The molecule has 2 heteroatoms. The Hall–Kier alpha value is -1.02. The summed E-state index contributed by atoms with van der Waals surface area (Å²) >= 11 is 0. The summed E-state index contributed by atoms with van der Waals surface area (Å²) in [6.07, 6.45) is 1.57. The van der Waals surface area contributed by atoms with Crippen LogP contribution in [0.1, 0.15) is 37.8 Å². The van der Waals surface area contributed by atoms with Crippen LogP contribution in [0.3, 0.4) is 0 Å². The van der Waals surface area contributed by atoms with Gasteiger partial charge in [0.15, 0.2) is 0 Å². The van der Waals surface area contributed by atoms with E-state index in [0.717, 1.165) is 24.2 Å². The molecule has 1 fully saturated rings. The summed E-state index contributed by atoms with van der Waals surface area (Å²) in [5.74, 6) is 1.91. The lowest BCUT2D eigenvalue weighted by molar-refractivity contribution is -0.0391. The van der Waals surface area contributed by atoms with Crippen molar-refractivity contribution in [3.05, 3.63) is 29.3 Å². The van der Waals surface area contributed by atoms with Crippen LogP contribution in [0.25, 0.3) is 0 Å². The number of ether oxygens (including phenoxy) is 1. The topological polar surface area (TPSA) is 29.5 Å². The highest BCUT2D eigenvalue weighted by Gasteiger charge is 2.34. The number of aliphatic hydroxyl groups is 1. The molecule has 4 unspecified atom stereocenters. The first-order chi connectivity index (χ1) is 8.47. The van der Waals surface area contributed by atoms with Gasteiger partial charge in [-0.1, -0.05) is 26.0 Å². The quantitative estimate of drug-likeness (QED) is 0.868. The largest absolute Gasteiger partial charge is 0.487 e. The lowest BCUT2D eigenvalue weighted by Gasteiger charge is -2.37. The molecule has 1 aliphatic rings. The van der Waals surface area contributed by atoms with Gasteiger partial charge in [-0.3, -0.25) is 0 Å². The van der Waals surface area contributed by atoms with E-state index in [1.807, 2.05) is 0 Å². The maximum absolute atomic E-state index is 10.2. The van der Waals surface area contributed by atoms with E-state index in [4.69, 9.17) is 4.74 Å². The number of rotatable bonds is 2. The minimum absolute atomic E-state index is 0.0679. The average Bonchev–Trinajstić information content (AvgIpc) is 2.28. The fourth-order valence-corrected chi connectivity index (χ4v) is 2.97. The van der Waals surface area contributed by atoms with Crippen LogP contribution in [0.4, 0.5) is 0 Å². The highest BCUT2D eigenvalue weighted by Crippen LogP contribution is 2.33. The van der Waals surface area contributed by atoms with Gasteiger partial charge < -0.3 is 9.84 Å². The molecule has 0 bridgehead atoms. The summed E-state index contributed by atoms with van der Waals surface area (Å²) in [6, 6.07) is 6.23. The van der Waals surface area contributed by atoms with Crippen molar-refractivity contribution in [2.24, 2.45) is 11.8 Å². The molecule has 0 radical (unpaired) electrons. The maximum Gasteiger partial charge on any atom is 0.127 e. The molecule has 0 aromatic heterocycles. The van der Waals surface area contributed by atoms with Gasteiger partial charge in [-0.2, -0.15) is 0 Å². The number of aryl methyl sites for hydroxylation is 2. The average molecular weight is 248 g/mol. The van der Waals surface area contributed by atoms with Crippen LogP contribution < -0.4 is 4.74 Å². The Morgan fingerprint density at radius 1 is 1.17 bits per heavy atom. The number of hydrogen-bond donors (Lipinski definition) is 1. The molecule has 0 amide bonds. The zero-order valence-electron chi connectivity index (χ0n) is 11.8. The molecule has 1 aliphatic carbocycles. The van der Waals surface area contributed by atoms with Crippen LogP contribution in [-0.4, -0.2) is 17.3 Å². The molecule has 0 aliphatic heterocycles. The third-order valence-corrected chi connectivity index (χ3v) is 3.96. The van der Waals surface area contributed by atoms with Crippen molar-refractivity contribution in [1.29, 1.82) is 0 Å². The number of hydrogen-bond acceptors (Lipinski definition) is 2. The molecule has 2 rings (SSSR count). The zero-order valence-corrected chi connectivity index (χ0v) is 11.8. The summed E-state index contributed by atoms with van der Waals surface area (Å²) in [7, 11) is 0. The van der Waals surface area contributed by atoms with Crippen LogP contribution >= 0.6 is 0 Å². The van der Waals surface area contributed by atoms with Gasteiger partial charge in [0.05, 0.1) is 6.10 Å². The Bertz CT molecular complexity index is 402. The van der Waals surface area contributed by atoms with Crippen LogP contribution in [0.5, 0.6) is 5.75 Å². The molecule has 0 saturated heterocycles. The van der Waals surface area contributed by atoms with Crippen molar-refractivity contribution in [1.82, 2.24) is 0 Å². The van der Waals surface area contributed by atoms with E-state index in [0.29, 0.717) is 11.8 Å². The minimum Gasteiger partial charge on any atom is -0.487 e. The van der Waals surface area contributed by atoms with Crippen molar-refractivity contribution in [3.8, 4) is 5.75 Å². The molecule has 1 aromatic rings. The third-order valence-electron chi connectivity index (χ3n) is 3.96. The van der Waals surface area contributed by atoms with Crippen molar-refractivity contribution >= 4 is 0 Å². The van der Waals surface area contributed by atoms with Gasteiger partial charge in [0, 0.05) is 0 Å². The summed E-state index contributed by atoms with van der Waals surface area (Å²) in [5, 5.41) is 10.2. The molecule has 0 spiro atoms. The van der Waals surface area contributed by atoms with Gasteiger partial charge in [-0.25, -0.2) is 0 Å². The second-order valence-corrected chi connectivity index (χ2v) is 5.97. The second-order valence-electron chi connectivity index (χ2n) is 5.97. The second kappa shape index (κ2) is 5.31. The molecule has 2 nitrogen and oxygen atoms in total. The van der Waals surface area contributed by atoms with Crippen LogP contribution in [0.15, 0.2) is 18.2 Å². The lowest BCUT2D eigenvalue weighted by atomic mass is 9.79. The van der Waals surface area contributed by atoms with Gasteiger partial charge in [-0.15, -0.1) is 0 Å². The zero-order chi connectivity index (χ0) is 13.3. The predicted octanol–water partition coefficient (Wildman–Crippen LogP) is 3.48. The summed E-state index contributed by atoms with van der Waals surface area (Å²) in [4.78, 5) is 0. The first kappa shape index (κ1) is 13.4. The van der Waals surface area contributed by atoms with Gasteiger partial charge in [0.25, 0.3) is 0 Å². The van der Waals surface area contributed by atoms with Gasteiger partial charge in [0.1, 0.15) is 11.9 Å². The van der Waals surface area contributed by atoms with Crippen LogP contribution in [-0.2, 0) is 0 Å². The summed E-state index contributed by atoms with van der Waals surface area (Å²) < 4.78 is 6.09. The summed E-state index contributed by atoms with van der Waals surface area (Å²) in [6.45, 7) is 8.49. The molecular formula is C16H24O2. The molecule has 4 atom stereocenters. The Balaban J connectivity index is 2.15. The van der Waals surface area contributed by atoms with E-state index < -0.39 is 0 Å². The van der Waals surface area contributed by atoms with Crippen molar-refractivity contribution in [3.63, 3.8) is 0 Å². The van der Waals surface area contributed by atoms with Gasteiger partial charge in [0.2, 0.25) is 0 Å². The van der Waals surface area contributed by atoms with E-state index in [2.05, 4.69) is 45.9 Å². The third kappa shape index (κ3) is 2.86. The van der Waals surface area contributed by atoms with Crippen LogP contribution in [0.2, 0.25) is 0 Å². The fraction of sp³-hybridized carbons (Fsp3) is 0.625. The highest BCUT2D eigenvalue weighted by atomic mass is 16.5. The van der Waals surface area contributed by atoms with Gasteiger partial charge >= 0.3 is 0 Å². The SMILES string of the molecule is Cc1ccc(C)c(OC2C(C)CC(C)CC2O)c1. The van der Waals surface area contributed by atoms with E-state index in [1.54, 1.807) is 0 Å². The van der Waals surface area contributed by atoms with E-state index in [1.165, 1.54) is 5.56 Å². The fourth-order valence-electron chi connectivity index (χ4n) is 2.97. The highest BCUT2D eigenvalue weighted by molar-refractivity contribution is 5.36. The maximum atomic E-state index is 10.2. The lowest BCUT2D eigenvalue weighted by Crippen LogP contribution is -2.43. The predicted molar refractivity (Wildman–Crippen MR) is 73.9 cm³/mol. The normalized spacial score (nSPS) is 32.3.